The molecule has 3 rings (SSSR count). The largest absolute Gasteiger partial charge is 0.481 e. The van der Waals surface area contributed by atoms with E-state index in [-0.39, 0.29) is 28.4 Å². The van der Waals surface area contributed by atoms with Crippen LogP contribution in [0.2, 0.25) is 0 Å². The van der Waals surface area contributed by atoms with Gasteiger partial charge in [0, 0.05) is 17.4 Å². The normalized spacial score (nSPS) is 41.6. The molecule has 3 saturated carbocycles. The number of hydrogen-bond acceptors (Lipinski definition) is 4. The molecule has 0 aromatic rings. The molecule has 6 atom stereocenters. The second kappa shape index (κ2) is 8.58. The lowest BCUT2D eigenvalue weighted by Crippen LogP contribution is -2.61. The highest BCUT2D eigenvalue weighted by molar-refractivity contribution is 6.01. The van der Waals surface area contributed by atoms with Gasteiger partial charge in [0.25, 0.3) is 0 Å². The first kappa shape index (κ1) is 24.4. The Bertz CT molecular complexity index is 938. The van der Waals surface area contributed by atoms with E-state index < -0.39 is 17.5 Å². The molecule has 0 saturated heterocycles. The van der Waals surface area contributed by atoms with Crippen LogP contribution >= 0.6 is 0 Å². The lowest BCUT2D eigenvalue weighted by molar-refractivity contribution is -0.194. The molecular weight excluding hydrogens is 404 g/mol. The fourth-order valence-electron chi connectivity index (χ4n) is 7.23. The van der Waals surface area contributed by atoms with Crippen molar-refractivity contribution >= 4 is 18.0 Å². The molecule has 0 aromatic carbocycles. The molecular formula is C27H36O5. The molecule has 0 spiro atoms. The van der Waals surface area contributed by atoms with Gasteiger partial charge in [-0.15, -0.1) is 0 Å². The summed E-state index contributed by atoms with van der Waals surface area (Å²) in [6.07, 6.45) is 11.9. The number of aliphatic carboxylic acids is 1. The van der Waals surface area contributed by atoms with Crippen LogP contribution in [0.4, 0.5) is 0 Å². The maximum absolute atomic E-state index is 13.3. The Balaban J connectivity index is 1.98. The minimum Gasteiger partial charge on any atom is -0.481 e. The summed E-state index contributed by atoms with van der Waals surface area (Å²) in [6, 6.07) is 0. The van der Waals surface area contributed by atoms with Gasteiger partial charge >= 0.3 is 5.97 Å². The summed E-state index contributed by atoms with van der Waals surface area (Å²) < 4.78 is 0. The van der Waals surface area contributed by atoms with Gasteiger partial charge in [-0.05, 0) is 75.4 Å². The lowest BCUT2D eigenvalue weighted by Gasteiger charge is -2.61. The monoisotopic (exact) mass is 440 g/mol. The van der Waals surface area contributed by atoms with Crippen LogP contribution in [-0.4, -0.2) is 34.4 Å². The van der Waals surface area contributed by atoms with Crippen LogP contribution < -0.4 is 0 Å². The number of aliphatic hydroxyl groups is 1. The van der Waals surface area contributed by atoms with E-state index in [0.29, 0.717) is 19.3 Å². The third-order valence-corrected chi connectivity index (χ3v) is 8.92. The number of fused-ring (bicyclic) bond motifs is 3. The fraction of sp³-hybridized carbons (Fsp3) is 0.593. The molecule has 0 radical (unpaired) electrons. The van der Waals surface area contributed by atoms with Crippen LogP contribution in [0, 0.1) is 28.1 Å². The summed E-state index contributed by atoms with van der Waals surface area (Å²) in [4.78, 5) is 36.0. The van der Waals surface area contributed by atoms with Crippen LogP contribution in [0.3, 0.4) is 0 Å². The lowest BCUT2D eigenvalue weighted by atomic mass is 9.43. The van der Waals surface area contributed by atoms with Crippen molar-refractivity contribution in [2.24, 2.45) is 28.1 Å². The number of carbonyl (C=O) groups is 3. The number of carboxylic acids is 1. The average Bonchev–Trinajstić information content (AvgIpc) is 3.00. The van der Waals surface area contributed by atoms with E-state index in [0.717, 1.165) is 35.8 Å². The predicted molar refractivity (Wildman–Crippen MR) is 124 cm³/mol. The Morgan fingerprint density at radius 2 is 1.72 bits per heavy atom. The molecule has 0 aromatic heterocycles. The van der Waals surface area contributed by atoms with Gasteiger partial charge < -0.3 is 10.2 Å². The number of ketones is 1. The first-order valence-electron chi connectivity index (χ1n) is 11.6. The van der Waals surface area contributed by atoms with Crippen LogP contribution in [0.25, 0.3) is 0 Å². The standard InChI is InChI=1S/C27H36O5/c1-17(9-7-15-28)8-6-10-18(2)23-19(29)16-21-25(3)14-12-22(30)27(5,24(31)32)20(25)11-13-26(21,23)4/h6-10,15,20-22,30H,11-14,16H2,1-5H3,(H,31,32). The van der Waals surface area contributed by atoms with E-state index in [1.165, 1.54) is 6.08 Å². The molecule has 32 heavy (non-hydrogen) atoms. The van der Waals surface area contributed by atoms with Crippen molar-refractivity contribution in [1.29, 1.82) is 0 Å². The molecule has 5 nitrogen and oxygen atoms in total. The quantitative estimate of drug-likeness (QED) is 0.363. The number of allylic oxidation sites excluding steroid dienone is 8. The molecule has 2 N–H and O–H groups in total. The van der Waals surface area contributed by atoms with Gasteiger partial charge in [-0.2, -0.15) is 0 Å². The average molecular weight is 441 g/mol. The molecule has 6 unspecified atom stereocenters. The van der Waals surface area contributed by atoms with E-state index in [9.17, 15) is 24.6 Å². The van der Waals surface area contributed by atoms with Gasteiger partial charge in [-0.1, -0.05) is 43.7 Å². The number of hydrogen-bond donors (Lipinski definition) is 2. The zero-order chi connectivity index (χ0) is 23.9. The highest BCUT2D eigenvalue weighted by Gasteiger charge is 2.67. The number of rotatable bonds is 5. The van der Waals surface area contributed by atoms with Gasteiger partial charge in [0.2, 0.25) is 0 Å². The maximum atomic E-state index is 13.3. The van der Waals surface area contributed by atoms with Crippen LogP contribution in [0.5, 0.6) is 0 Å². The van der Waals surface area contributed by atoms with Crippen LogP contribution in [-0.2, 0) is 14.4 Å². The summed E-state index contributed by atoms with van der Waals surface area (Å²) in [7, 11) is 0. The van der Waals surface area contributed by atoms with Crippen molar-refractivity contribution in [3.05, 3.63) is 47.1 Å². The van der Waals surface area contributed by atoms with Crippen molar-refractivity contribution < 1.29 is 24.6 Å². The number of carbonyl (C=O) groups excluding carboxylic acids is 2. The molecule has 174 valence electrons. The van der Waals surface area contributed by atoms with Gasteiger partial charge in [0.1, 0.15) is 6.29 Å². The molecule has 0 aliphatic heterocycles. The number of aldehydes is 1. The Morgan fingerprint density at radius 1 is 1.03 bits per heavy atom. The van der Waals surface area contributed by atoms with Crippen molar-refractivity contribution in [1.82, 2.24) is 0 Å². The second-order valence-corrected chi connectivity index (χ2v) is 10.7. The van der Waals surface area contributed by atoms with Crippen LogP contribution in [0.1, 0.15) is 66.7 Å². The number of Topliss-reactive ketones (excluding diaryl/α,β-unsaturated/α-hetero) is 1. The second-order valence-electron chi connectivity index (χ2n) is 10.7. The first-order chi connectivity index (χ1) is 14.9. The molecule has 0 heterocycles. The molecule has 5 heteroatoms. The SMILES string of the molecule is CC(C=CC=O)=CC=CC(C)=C1C(=O)CC2C1(C)CCC1C2(C)CCC(O)C1(C)C(=O)O. The zero-order valence-electron chi connectivity index (χ0n) is 19.9. The van der Waals surface area contributed by atoms with E-state index >= 15 is 0 Å². The highest BCUT2D eigenvalue weighted by atomic mass is 16.4. The summed E-state index contributed by atoms with van der Waals surface area (Å²) in [5, 5.41) is 20.7. The topological polar surface area (TPSA) is 91.7 Å². The summed E-state index contributed by atoms with van der Waals surface area (Å²) in [6.45, 7) is 9.90. The van der Waals surface area contributed by atoms with Gasteiger partial charge in [0.15, 0.2) is 5.78 Å². The van der Waals surface area contributed by atoms with Crippen molar-refractivity contribution in [2.45, 2.75) is 72.8 Å². The van der Waals surface area contributed by atoms with E-state index in [1.54, 1.807) is 13.0 Å². The minimum absolute atomic E-state index is 0.0681. The molecule has 3 aliphatic carbocycles. The molecule has 3 aliphatic rings. The predicted octanol–water partition coefficient (Wildman–Crippen LogP) is 4.82. The fourth-order valence-corrected chi connectivity index (χ4v) is 7.23. The van der Waals surface area contributed by atoms with E-state index in [1.807, 2.05) is 32.1 Å². The van der Waals surface area contributed by atoms with Crippen molar-refractivity contribution in [2.75, 3.05) is 0 Å². The highest BCUT2D eigenvalue weighted by Crippen LogP contribution is 2.69. The smallest absolute Gasteiger partial charge is 0.312 e. The van der Waals surface area contributed by atoms with Gasteiger partial charge in [0.05, 0.1) is 11.5 Å². The first-order valence-corrected chi connectivity index (χ1v) is 11.6. The van der Waals surface area contributed by atoms with Crippen LogP contribution in [0.15, 0.2) is 47.1 Å². The maximum Gasteiger partial charge on any atom is 0.312 e. The molecule has 3 fully saturated rings. The van der Waals surface area contributed by atoms with E-state index in [4.69, 9.17) is 0 Å². The van der Waals surface area contributed by atoms with Gasteiger partial charge in [-0.3, -0.25) is 14.4 Å². The number of aliphatic hydroxyl groups excluding tert-OH is 1. The van der Waals surface area contributed by atoms with E-state index in [2.05, 4.69) is 13.8 Å². The Morgan fingerprint density at radius 3 is 2.34 bits per heavy atom. The van der Waals surface area contributed by atoms with Crippen molar-refractivity contribution in [3.8, 4) is 0 Å². The summed E-state index contributed by atoms with van der Waals surface area (Å²) >= 11 is 0. The minimum atomic E-state index is -1.18. The third-order valence-electron chi connectivity index (χ3n) is 8.92. The Kier molecular flexibility index (Phi) is 6.54. The zero-order valence-corrected chi connectivity index (χ0v) is 19.9. The summed E-state index contributed by atoms with van der Waals surface area (Å²) in [5.74, 6) is -0.869. The van der Waals surface area contributed by atoms with Crippen molar-refractivity contribution in [3.63, 3.8) is 0 Å². The molecule has 0 amide bonds. The molecule has 0 bridgehead atoms. The Labute approximate surface area is 191 Å². The van der Waals surface area contributed by atoms with Gasteiger partial charge in [-0.25, -0.2) is 0 Å². The number of carboxylic acid groups (broad SMARTS) is 1. The Hall–Kier alpha value is -2.27. The summed E-state index contributed by atoms with van der Waals surface area (Å²) in [5.41, 5.74) is 0.967. The third kappa shape index (κ3) is 3.64.